The molecule has 0 spiro atoms. The second-order valence-electron chi connectivity index (χ2n) is 5.91. The van der Waals surface area contributed by atoms with E-state index in [4.69, 9.17) is 4.52 Å². The monoisotopic (exact) mass is 348 g/mol. The fourth-order valence-electron chi connectivity index (χ4n) is 2.67. The van der Waals surface area contributed by atoms with Gasteiger partial charge in [0.25, 0.3) is 5.91 Å². The standard InChI is InChI=1S/C16H20N4O3S/c1-11-9-24-10-13(11)16(22)20-5-3-19(4-6-20)8-15(21)17-14-7-12(2)23-18-14/h7,9-10H,3-6,8H2,1-2H3,(H,17,18,21). The van der Waals surface area contributed by atoms with Crippen LogP contribution < -0.4 is 5.32 Å². The van der Waals surface area contributed by atoms with Gasteiger partial charge in [-0.3, -0.25) is 14.5 Å². The zero-order valence-corrected chi connectivity index (χ0v) is 14.6. The van der Waals surface area contributed by atoms with E-state index in [0.717, 1.165) is 11.1 Å². The third-order valence-corrected chi connectivity index (χ3v) is 4.87. The number of nitrogens with zero attached hydrogens (tertiary/aromatic N) is 3. The van der Waals surface area contributed by atoms with Gasteiger partial charge in [0.2, 0.25) is 5.91 Å². The molecule has 7 nitrogen and oxygen atoms in total. The van der Waals surface area contributed by atoms with E-state index in [-0.39, 0.29) is 18.4 Å². The average Bonchev–Trinajstić information content (AvgIpc) is 3.15. The molecule has 1 saturated heterocycles. The smallest absolute Gasteiger partial charge is 0.255 e. The van der Waals surface area contributed by atoms with Gasteiger partial charge < -0.3 is 14.7 Å². The second-order valence-corrected chi connectivity index (χ2v) is 6.65. The van der Waals surface area contributed by atoms with Crippen molar-refractivity contribution in [3.63, 3.8) is 0 Å². The molecular weight excluding hydrogens is 328 g/mol. The summed E-state index contributed by atoms with van der Waals surface area (Å²) in [6.07, 6.45) is 0. The first kappa shape index (κ1) is 16.7. The normalized spacial score (nSPS) is 15.5. The molecule has 8 heteroatoms. The van der Waals surface area contributed by atoms with Crippen molar-refractivity contribution in [2.24, 2.45) is 0 Å². The SMILES string of the molecule is Cc1cc(NC(=O)CN2CCN(C(=O)c3cscc3C)CC2)no1. The largest absolute Gasteiger partial charge is 0.360 e. The van der Waals surface area contributed by atoms with E-state index in [2.05, 4.69) is 10.5 Å². The van der Waals surface area contributed by atoms with E-state index in [1.165, 1.54) is 0 Å². The van der Waals surface area contributed by atoms with Crippen molar-refractivity contribution in [1.29, 1.82) is 0 Å². The lowest BCUT2D eigenvalue weighted by atomic mass is 10.2. The van der Waals surface area contributed by atoms with E-state index in [0.29, 0.717) is 37.8 Å². The third-order valence-electron chi connectivity index (χ3n) is 4.01. The van der Waals surface area contributed by atoms with Gasteiger partial charge >= 0.3 is 0 Å². The lowest BCUT2D eigenvalue weighted by Gasteiger charge is -2.34. The number of carbonyl (C=O) groups is 2. The first-order chi connectivity index (χ1) is 11.5. The molecule has 2 aromatic rings. The van der Waals surface area contributed by atoms with Crippen LogP contribution in [-0.2, 0) is 4.79 Å². The molecule has 1 aliphatic heterocycles. The fraction of sp³-hybridized carbons (Fsp3) is 0.438. The molecule has 0 atom stereocenters. The molecule has 0 saturated carbocycles. The number of aryl methyl sites for hydroxylation is 2. The second kappa shape index (κ2) is 7.14. The lowest BCUT2D eigenvalue weighted by molar-refractivity contribution is -0.117. The summed E-state index contributed by atoms with van der Waals surface area (Å²) in [7, 11) is 0. The molecule has 1 fully saturated rings. The molecule has 0 unspecified atom stereocenters. The van der Waals surface area contributed by atoms with Gasteiger partial charge in [0.05, 0.1) is 12.1 Å². The molecule has 128 valence electrons. The molecule has 0 aromatic carbocycles. The van der Waals surface area contributed by atoms with E-state index < -0.39 is 0 Å². The summed E-state index contributed by atoms with van der Waals surface area (Å²) in [5.74, 6) is 1.04. The highest BCUT2D eigenvalue weighted by molar-refractivity contribution is 7.08. The van der Waals surface area contributed by atoms with Gasteiger partial charge in [0.1, 0.15) is 5.76 Å². The van der Waals surface area contributed by atoms with E-state index >= 15 is 0 Å². The van der Waals surface area contributed by atoms with Crippen LogP contribution in [0.4, 0.5) is 5.82 Å². The molecule has 0 aliphatic carbocycles. The first-order valence-corrected chi connectivity index (χ1v) is 8.75. The zero-order chi connectivity index (χ0) is 17.1. The Balaban J connectivity index is 1.47. The molecule has 3 rings (SSSR count). The topological polar surface area (TPSA) is 78.7 Å². The summed E-state index contributed by atoms with van der Waals surface area (Å²) < 4.78 is 4.92. The van der Waals surface area contributed by atoms with Gasteiger partial charge in [-0.05, 0) is 24.8 Å². The molecule has 3 heterocycles. The number of nitrogens with one attached hydrogen (secondary N) is 1. The summed E-state index contributed by atoms with van der Waals surface area (Å²) in [6, 6.07) is 1.68. The molecule has 1 aliphatic rings. The van der Waals surface area contributed by atoms with Gasteiger partial charge in [-0.15, -0.1) is 0 Å². The van der Waals surface area contributed by atoms with Gasteiger partial charge in [0, 0.05) is 37.6 Å². The van der Waals surface area contributed by atoms with Crippen LogP contribution >= 0.6 is 11.3 Å². The van der Waals surface area contributed by atoms with E-state index in [1.54, 1.807) is 24.3 Å². The van der Waals surface area contributed by atoms with Crippen molar-refractivity contribution in [2.75, 3.05) is 38.0 Å². The lowest BCUT2D eigenvalue weighted by Crippen LogP contribution is -2.50. The number of piperazine rings is 1. The molecule has 24 heavy (non-hydrogen) atoms. The molecule has 2 amide bonds. The quantitative estimate of drug-likeness (QED) is 0.911. The van der Waals surface area contributed by atoms with Gasteiger partial charge in [-0.25, -0.2) is 0 Å². The molecular formula is C16H20N4O3S. The van der Waals surface area contributed by atoms with Crippen LogP contribution in [0.25, 0.3) is 0 Å². The van der Waals surface area contributed by atoms with Gasteiger partial charge in [-0.1, -0.05) is 5.16 Å². The van der Waals surface area contributed by atoms with Crippen LogP contribution in [0.15, 0.2) is 21.3 Å². The van der Waals surface area contributed by atoms with Crippen molar-refractivity contribution >= 4 is 29.0 Å². The Hall–Kier alpha value is -2.19. The van der Waals surface area contributed by atoms with Crippen LogP contribution in [0.3, 0.4) is 0 Å². The van der Waals surface area contributed by atoms with E-state index in [1.807, 2.05) is 27.5 Å². The van der Waals surface area contributed by atoms with E-state index in [9.17, 15) is 9.59 Å². The number of amides is 2. The third kappa shape index (κ3) is 3.82. The summed E-state index contributed by atoms with van der Waals surface area (Å²) in [5, 5.41) is 10.3. The highest BCUT2D eigenvalue weighted by Gasteiger charge is 2.24. The maximum atomic E-state index is 12.5. The Morgan fingerprint density at radius 1 is 1.25 bits per heavy atom. The Morgan fingerprint density at radius 3 is 2.58 bits per heavy atom. The summed E-state index contributed by atoms with van der Waals surface area (Å²) in [5.41, 5.74) is 1.81. The highest BCUT2D eigenvalue weighted by Crippen LogP contribution is 2.17. The molecule has 0 radical (unpaired) electrons. The van der Waals surface area contributed by atoms with Gasteiger partial charge in [-0.2, -0.15) is 11.3 Å². The van der Waals surface area contributed by atoms with Crippen molar-refractivity contribution in [2.45, 2.75) is 13.8 Å². The first-order valence-electron chi connectivity index (χ1n) is 7.80. The molecule has 1 N–H and O–H groups in total. The number of aromatic nitrogens is 1. The molecule has 2 aromatic heterocycles. The van der Waals surface area contributed by atoms with Crippen molar-refractivity contribution in [1.82, 2.24) is 15.0 Å². The summed E-state index contributed by atoms with van der Waals surface area (Å²) in [6.45, 7) is 6.63. The van der Waals surface area contributed by atoms with Crippen LogP contribution in [-0.4, -0.2) is 59.5 Å². The number of hydrogen-bond donors (Lipinski definition) is 1. The van der Waals surface area contributed by atoms with Crippen LogP contribution in [0.5, 0.6) is 0 Å². The van der Waals surface area contributed by atoms with Gasteiger partial charge in [0.15, 0.2) is 5.82 Å². The van der Waals surface area contributed by atoms with Crippen molar-refractivity contribution in [3.8, 4) is 0 Å². The van der Waals surface area contributed by atoms with Crippen LogP contribution in [0.2, 0.25) is 0 Å². The number of carbonyl (C=O) groups excluding carboxylic acids is 2. The minimum atomic E-state index is -0.128. The Kier molecular flexibility index (Phi) is 4.96. The highest BCUT2D eigenvalue weighted by atomic mass is 32.1. The van der Waals surface area contributed by atoms with Crippen molar-refractivity contribution < 1.29 is 14.1 Å². The number of thiophene rings is 1. The summed E-state index contributed by atoms with van der Waals surface area (Å²) >= 11 is 1.55. The Bertz CT molecular complexity index is 731. The number of anilines is 1. The zero-order valence-electron chi connectivity index (χ0n) is 13.7. The maximum Gasteiger partial charge on any atom is 0.255 e. The maximum absolute atomic E-state index is 12.5. The predicted octanol–water partition coefficient (Wildman–Crippen LogP) is 1.75. The molecule has 0 bridgehead atoms. The predicted molar refractivity (Wildman–Crippen MR) is 91.3 cm³/mol. The summed E-state index contributed by atoms with van der Waals surface area (Å²) in [4.78, 5) is 28.4. The van der Waals surface area contributed by atoms with Crippen LogP contribution in [0, 0.1) is 13.8 Å². The average molecular weight is 348 g/mol. The minimum absolute atomic E-state index is 0.0796. The number of hydrogen-bond acceptors (Lipinski definition) is 6. The Labute approximate surface area is 144 Å². The van der Waals surface area contributed by atoms with Crippen molar-refractivity contribution in [3.05, 3.63) is 33.7 Å². The fourth-order valence-corrected chi connectivity index (χ4v) is 3.49. The number of rotatable bonds is 4. The van der Waals surface area contributed by atoms with Crippen LogP contribution in [0.1, 0.15) is 21.7 Å². The minimum Gasteiger partial charge on any atom is -0.360 e. The Morgan fingerprint density at radius 2 is 2.00 bits per heavy atom.